The van der Waals surface area contributed by atoms with Gasteiger partial charge in [0.15, 0.2) is 0 Å². The summed E-state index contributed by atoms with van der Waals surface area (Å²) >= 11 is 0. The van der Waals surface area contributed by atoms with Gasteiger partial charge in [0.2, 0.25) is 0 Å². The Hall–Kier alpha value is -11.8. The molecule has 0 aliphatic carbocycles. The lowest BCUT2D eigenvalue weighted by molar-refractivity contribution is 0.217. The second-order valence-electron chi connectivity index (χ2n) is 30.7. The van der Waals surface area contributed by atoms with E-state index >= 15 is 0 Å². The number of aromatic nitrogens is 4. The highest BCUT2D eigenvalue weighted by Gasteiger charge is 2.21. The largest absolute Gasteiger partial charge is 0.490 e. The van der Waals surface area contributed by atoms with E-state index in [4.69, 9.17) is 47.9 Å². The number of fused-ring (bicyclic) bond motifs is 8. The quantitative estimate of drug-likeness (QED) is 0.142. The number of ether oxygens (including phenoxy) is 8. The fourth-order valence-electron chi connectivity index (χ4n) is 16.0. The molecule has 0 saturated carbocycles. The summed E-state index contributed by atoms with van der Waals surface area (Å²) in [4.78, 5) is 19.2. The average molecular weight is 1540 g/mol. The molecule has 8 aliphatic heterocycles. The van der Waals surface area contributed by atoms with Crippen molar-refractivity contribution in [2.75, 3.05) is 52.9 Å². The molecule has 0 fully saturated rings. The molecule has 28 bridgehead atoms. The van der Waals surface area contributed by atoms with Crippen LogP contribution in [-0.2, 0) is 25.7 Å². The van der Waals surface area contributed by atoms with Crippen molar-refractivity contribution >= 4 is 46.4 Å². The first-order valence-corrected chi connectivity index (χ1v) is 42.8. The highest BCUT2D eigenvalue weighted by atomic mass is 16.5. The smallest absolute Gasteiger partial charge is 0.122 e. The Labute approximate surface area is 685 Å². The van der Waals surface area contributed by atoms with Gasteiger partial charge < -0.3 is 47.9 Å². The van der Waals surface area contributed by atoms with E-state index in [0.29, 0.717) is 52.9 Å². The van der Waals surface area contributed by atoms with Crippen molar-refractivity contribution in [3.63, 3.8) is 0 Å². The van der Waals surface area contributed by atoms with Crippen molar-refractivity contribution in [2.45, 2.75) is 154 Å². The molecule has 3 aromatic heterocycles. The molecule has 8 aromatic carbocycles. The molecule has 116 heavy (non-hydrogen) atoms. The number of nitrogens with one attached hydrogen (secondary N) is 2. The maximum absolute atomic E-state index is 6.42. The van der Waals surface area contributed by atoms with Crippen LogP contribution in [0.3, 0.4) is 0 Å². The van der Waals surface area contributed by atoms with Crippen molar-refractivity contribution in [2.24, 2.45) is 0 Å². The van der Waals surface area contributed by atoms with E-state index in [1.54, 1.807) is 0 Å². The number of nitrogens with zero attached hydrogens (tertiary/aromatic N) is 2. The lowest BCUT2D eigenvalue weighted by Crippen LogP contribution is -2.09. The first kappa shape index (κ1) is 79.5. The van der Waals surface area contributed by atoms with Gasteiger partial charge in [-0.3, -0.25) is 0 Å². The maximum atomic E-state index is 6.42. The maximum Gasteiger partial charge on any atom is 0.122 e. The number of aryl methyl sites for hydroxylation is 4. The normalized spacial score (nSPS) is 15.9. The lowest BCUT2D eigenvalue weighted by Gasteiger charge is -2.11. The van der Waals surface area contributed by atoms with Crippen LogP contribution in [0.15, 0.2) is 243 Å². The summed E-state index contributed by atoms with van der Waals surface area (Å²) in [5.74, 6) is 6.43. The summed E-state index contributed by atoms with van der Waals surface area (Å²) in [6.45, 7) is 3.19. The van der Waals surface area contributed by atoms with Crippen LogP contribution in [0, 0.1) is 0 Å². The molecule has 12 nitrogen and oxygen atoms in total. The Kier molecular flexibility index (Phi) is 28.8. The van der Waals surface area contributed by atoms with Crippen molar-refractivity contribution in [1.29, 1.82) is 0 Å². The molecule has 11 heterocycles. The standard InChI is InChI=1S/C104H110N4O8/c1-2-6-10-14-18-22-30-78-34-26-38-90(74-78)114-70-66-110-86-51-43-82(44-52-86)102-94-58-57-93(105-94)101(81-41-49-85(50-42-81)109-65-69-113-89-37-25-33-77(73-89)29-21-17-13-9-5-1)97-61-62-99(107-97)103-83-45-53-87(54-46-83)111-67-71-115-91-39-27-35-79(75-91)31-23-19-15-11-7-3-4-8-12-16-20-24-32-80-36-28-40-92(76-80)116-72-68-112-88-55-47-84(48-56-88)104(96-60-59-95(103)106-96)100-64-63-98(102)108-100/h1-4,25-28,33-64,73-76,107-108H,5-24,29-32,65-72H2. The van der Waals surface area contributed by atoms with E-state index in [-0.39, 0.29) is 0 Å². The molecule has 11 aromatic rings. The zero-order chi connectivity index (χ0) is 78.4. The van der Waals surface area contributed by atoms with E-state index in [9.17, 15) is 0 Å². The van der Waals surface area contributed by atoms with E-state index in [2.05, 4.69) is 204 Å². The molecule has 0 unspecified atom stereocenters. The van der Waals surface area contributed by atoms with Crippen LogP contribution in [0.4, 0.5) is 0 Å². The van der Waals surface area contributed by atoms with Gasteiger partial charge in [-0.2, -0.15) is 0 Å². The number of hydrogen-bond donors (Lipinski definition) is 2. The molecule has 0 saturated heterocycles. The molecular weight excluding hydrogens is 1430 g/mol. The Bertz CT molecular complexity index is 4640. The van der Waals surface area contributed by atoms with Gasteiger partial charge in [0.05, 0.1) is 22.8 Å². The number of H-pyrrole nitrogens is 2. The number of allylic oxidation sites excluding steroid dienone is 4. The van der Waals surface area contributed by atoms with Gasteiger partial charge in [-0.1, -0.05) is 173 Å². The van der Waals surface area contributed by atoms with Gasteiger partial charge in [0, 0.05) is 44.3 Å². The minimum atomic E-state index is 0.385. The zero-order valence-electron chi connectivity index (χ0n) is 67.2. The summed E-state index contributed by atoms with van der Waals surface area (Å²) in [6.07, 6.45) is 46.4. The predicted molar refractivity (Wildman–Crippen MR) is 476 cm³/mol. The average Bonchev–Trinajstić information content (AvgIpc) is 1.61. The molecular formula is C104H110N4O8. The van der Waals surface area contributed by atoms with Crippen LogP contribution < -0.4 is 37.9 Å². The Morgan fingerprint density at radius 3 is 0.655 bits per heavy atom. The molecule has 19 rings (SSSR count). The summed E-state index contributed by atoms with van der Waals surface area (Å²) < 4.78 is 50.9. The Morgan fingerprint density at radius 2 is 0.422 bits per heavy atom. The molecule has 2 N–H and O–H groups in total. The minimum absolute atomic E-state index is 0.385. The first-order chi connectivity index (χ1) is 57.5. The highest BCUT2D eigenvalue weighted by molar-refractivity contribution is 6.00. The van der Waals surface area contributed by atoms with Gasteiger partial charge in [0.1, 0.15) is 98.9 Å². The fraction of sp³-hybridized carbons (Fsp3) is 0.308. The van der Waals surface area contributed by atoms with E-state index in [1.165, 1.54) is 125 Å². The third-order valence-electron chi connectivity index (χ3n) is 22.1. The van der Waals surface area contributed by atoms with Crippen molar-refractivity contribution in [3.8, 4) is 90.5 Å². The van der Waals surface area contributed by atoms with Crippen molar-refractivity contribution in [1.82, 2.24) is 19.9 Å². The third-order valence-corrected chi connectivity index (χ3v) is 22.1. The van der Waals surface area contributed by atoms with Gasteiger partial charge in [-0.05, 0) is 293 Å². The molecule has 0 atom stereocenters. The number of rotatable bonds is 0. The van der Waals surface area contributed by atoms with E-state index in [0.717, 1.165) is 187 Å². The molecule has 8 aliphatic rings. The topological polar surface area (TPSA) is 131 Å². The van der Waals surface area contributed by atoms with Crippen LogP contribution in [0.25, 0.3) is 90.9 Å². The number of benzene rings is 8. The SMILES string of the molecule is C1=CCCCCCCc2cccc(c2)OCCOc2ccc(cc2)-c2c3nc(c(c4ccc([nH]4)c4c5nc(c(c6ccc2[nH]6)-c2ccc(cc2)OCCOc2cccc(c2)CCCCCCC=CCCCCCCc2cccc(c2)OCCOc2ccc-4cc2)C=C5)-c2ccc(cc2)OCCOc2cccc(c2)CCCCCC1)C=C3. The predicted octanol–water partition coefficient (Wildman–Crippen LogP) is 26.3. The molecule has 0 spiro atoms. The fourth-order valence-corrected chi connectivity index (χ4v) is 16.0. The second kappa shape index (κ2) is 42.0. The Morgan fingerprint density at radius 1 is 0.207 bits per heavy atom. The van der Waals surface area contributed by atoms with Crippen LogP contribution in [0.2, 0.25) is 0 Å². The second-order valence-corrected chi connectivity index (χ2v) is 30.7. The monoisotopic (exact) mass is 1540 g/mol. The summed E-state index contributed by atoms with van der Waals surface area (Å²) in [5, 5.41) is 0. The van der Waals surface area contributed by atoms with E-state index < -0.39 is 0 Å². The van der Waals surface area contributed by atoms with Gasteiger partial charge in [0.25, 0.3) is 0 Å². The molecule has 0 amide bonds. The third kappa shape index (κ3) is 22.8. The first-order valence-electron chi connectivity index (χ1n) is 42.8. The van der Waals surface area contributed by atoms with Crippen molar-refractivity contribution in [3.05, 3.63) is 288 Å². The van der Waals surface area contributed by atoms with Crippen LogP contribution >= 0.6 is 0 Å². The lowest BCUT2D eigenvalue weighted by atomic mass is 10.0. The number of aromatic amines is 2. The van der Waals surface area contributed by atoms with Crippen LogP contribution in [0.5, 0.6) is 46.0 Å². The van der Waals surface area contributed by atoms with Gasteiger partial charge >= 0.3 is 0 Å². The highest BCUT2D eigenvalue weighted by Crippen LogP contribution is 2.41. The molecule has 594 valence electrons. The van der Waals surface area contributed by atoms with Crippen LogP contribution in [-0.4, -0.2) is 72.8 Å². The summed E-state index contributed by atoms with van der Waals surface area (Å²) in [5.41, 5.74) is 19.4. The minimum Gasteiger partial charge on any atom is -0.490 e. The summed E-state index contributed by atoms with van der Waals surface area (Å²) in [6, 6.07) is 76.1. The van der Waals surface area contributed by atoms with Gasteiger partial charge in [-0.15, -0.1) is 0 Å². The van der Waals surface area contributed by atoms with E-state index in [1.807, 2.05) is 72.8 Å². The summed E-state index contributed by atoms with van der Waals surface area (Å²) in [7, 11) is 0. The van der Waals surface area contributed by atoms with Crippen molar-refractivity contribution < 1.29 is 37.9 Å². The molecule has 12 heteroatoms. The Balaban J connectivity index is 0.774. The molecule has 0 radical (unpaired) electrons. The zero-order valence-corrected chi connectivity index (χ0v) is 67.2. The number of hydrogen-bond acceptors (Lipinski definition) is 10. The van der Waals surface area contributed by atoms with Crippen LogP contribution in [0.1, 0.15) is 173 Å². The van der Waals surface area contributed by atoms with Gasteiger partial charge in [-0.25, -0.2) is 9.97 Å².